The van der Waals surface area contributed by atoms with Crippen molar-refractivity contribution in [3.05, 3.63) is 39.9 Å². The number of nitro groups is 1. The van der Waals surface area contributed by atoms with Gasteiger partial charge in [0, 0.05) is 24.7 Å². The highest BCUT2D eigenvalue weighted by molar-refractivity contribution is 5.34. The molecule has 0 spiro atoms. The first-order valence-electron chi connectivity index (χ1n) is 7.56. The zero-order valence-electron chi connectivity index (χ0n) is 13.1. The first kappa shape index (κ1) is 15.9. The molecule has 1 atom stereocenters. The summed E-state index contributed by atoms with van der Waals surface area (Å²) in [4.78, 5) is 12.7. The summed E-state index contributed by atoms with van der Waals surface area (Å²) in [7, 11) is 2.17. The van der Waals surface area contributed by atoms with E-state index in [4.69, 9.17) is 0 Å². The minimum Gasteiger partial charge on any atom is -0.310 e. The van der Waals surface area contributed by atoms with E-state index >= 15 is 0 Å². The summed E-state index contributed by atoms with van der Waals surface area (Å²) in [5, 5.41) is 14.3. The molecule has 116 valence electrons. The smallest absolute Gasteiger partial charge is 0.269 e. The van der Waals surface area contributed by atoms with Crippen LogP contribution in [-0.2, 0) is 0 Å². The lowest BCUT2D eigenvalue weighted by atomic mass is 9.80. The largest absolute Gasteiger partial charge is 0.310 e. The van der Waals surface area contributed by atoms with Crippen LogP contribution in [0.4, 0.5) is 5.69 Å². The van der Waals surface area contributed by atoms with Gasteiger partial charge >= 0.3 is 0 Å². The SMILES string of the molecule is CC(NCC1(C)CCN(C)CC1)c1ccc([N+](=O)[O-])cc1. The fourth-order valence-corrected chi connectivity index (χ4v) is 2.74. The van der Waals surface area contributed by atoms with Gasteiger partial charge in [-0.15, -0.1) is 0 Å². The molecule has 5 heteroatoms. The van der Waals surface area contributed by atoms with Crippen LogP contribution in [0.1, 0.15) is 38.3 Å². The zero-order chi connectivity index (χ0) is 15.5. The summed E-state index contributed by atoms with van der Waals surface area (Å²) in [6.45, 7) is 7.75. The standard InChI is InChI=1S/C16H25N3O2/c1-13(14-4-6-15(7-5-14)19(20)21)17-12-16(2)8-10-18(3)11-9-16/h4-7,13,17H,8-12H2,1-3H3. The van der Waals surface area contributed by atoms with Crippen LogP contribution in [0.3, 0.4) is 0 Å². The third-order valence-corrected chi connectivity index (χ3v) is 4.63. The molecule has 0 aliphatic carbocycles. The van der Waals surface area contributed by atoms with Gasteiger partial charge in [-0.25, -0.2) is 0 Å². The van der Waals surface area contributed by atoms with E-state index in [0.717, 1.165) is 25.2 Å². The van der Waals surface area contributed by atoms with E-state index in [0.29, 0.717) is 5.41 Å². The minimum absolute atomic E-state index is 0.147. The lowest BCUT2D eigenvalue weighted by molar-refractivity contribution is -0.384. The van der Waals surface area contributed by atoms with Gasteiger partial charge in [-0.1, -0.05) is 19.1 Å². The first-order chi connectivity index (χ1) is 9.89. The summed E-state index contributed by atoms with van der Waals surface area (Å²) in [6.07, 6.45) is 2.42. The highest BCUT2D eigenvalue weighted by atomic mass is 16.6. The van der Waals surface area contributed by atoms with E-state index < -0.39 is 0 Å². The first-order valence-corrected chi connectivity index (χ1v) is 7.56. The second-order valence-electron chi connectivity index (χ2n) is 6.57. The summed E-state index contributed by atoms with van der Waals surface area (Å²) in [6, 6.07) is 7.04. The van der Waals surface area contributed by atoms with Crippen LogP contribution < -0.4 is 5.32 Å². The Morgan fingerprint density at radius 2 is 1.90 bits per heavy atom. The van der Waals surface area contributed by atoms with E-state index in [1.165, 1.54) is 12.8 Å². The fourth-order valence-electron chi connectivity index (χ4n) is 2.74. The number of nitro benzene ring substituents is 1. The van der Waals surface area contributed by atoms with E-state index in [1.54, 1.807) is 12.1 Å². The molecule has 21 heavy (non-hydrogen) atoms. The van der Waals surface area contributed by atoms with E-state index in [2.05, 4.69) is 31.1 Å². The maximum absolute atomic E-state index is 10.7. The van der Waals surface area contributed by atoms with Gasteiger partial charge in [-0.2, -0.15) is 0 Å². The molecule has 5 nitrogen and oxygen atoms in total. The molecule has 0 radical (unpaired) electrons. The van der Waals surface area contributed by atoms with Crippen LogP contribution in [0, 0.1) is 15.5 Å². The van der Waals surface area contributed by atoms with Gasteiger partial charge in [0.15, 0.2) is 0 Å². The van der Waals surface area contributed by atoms with E-state index in [1.807, 2.05) is 12.1 Å². The van der Waals surface area contributed by atoms with Crippen LogP contribution in [0.2, 0.25) is 0 Å². The minimum atomic E-state index is -0.360. The van der Waals surface area contributed by atoms with Crippen molar-refractivity contribution in [1.82, 2.24) is 10.2 Å². The Morgan fingerprint density at radius 1 is 1.33 bits per heavy atom. The monoisotopic (exact) mass is 291 g/mol. The molecular formula is C16H25N3O2. The maximum atomic E-state index is 10.7. The zero-order valence-corrected chi connectivity index (χ0v) is 13.1. The predicted octanol–water partition coefficient (Wildman–Crippen LogP) is 2.98. The third kappa shape index (κ3) is 4.25. The number of hydrogen-bond acceptors (Lipinski definition) is 4. The second-order valence-corrected chi connectivity index (χ2v) is 6.57. The Balaban J connectivity index is 1.89. The molecule has 2 rings (SSSR count). The molecule has 0 amide bonds. The van der Waals surface area contributed by atoms with Gasteiger partial charge in [-0.05, 0) is 50.9 Å². The van der Waals surface area contributed by atoms with Crippen molar-refractivity contribution in [2.24, 2.45) is 5.41 Å². The van der Waals surface area contributed by atoms with Crippen molar-refractivity contribution < 1.29 is 4.92 Å². The topological polar surface area (TPSA) is 58.4 Å². The number of rotatable bonds is 5. The third-order valence-electron chi connectivity index (χ3n) is 4.63. The predicted molar refractivity (Wildman–Crippen MR) is 84.4 cm³/mol. The summed E-state index contributed by atoms with van der Waals surface area (Å²) in [5.41, 5.74) is 1.59. The Labute approximate surface area is 126 Å². The van der Waals surface area contributed by atoms with Gasteiger partial charge in [0.25, 0.3) is 5.69 Å². The molecule has 1 saturated heterocycles. The molecule has 1 aromatic carbocycles. The normalized spacial score (nSPS) is 20.1. The number of likely N-dealkylation sites (tertiary alicyclic amines) is 1. The van der Waals surface area contributed by atoms with Crippen molar-refractivity contribution in [1.29, 1.82) is 0 Å². The highest BCUT2D eigenvalue weighted by Gasteiger charge is 2.28. The van der Waals surface area contributed by atoms with Gasteiger partial charge < -0.3 is 10.2 Å². The van der Waals surface area contributed by atoms with Crippen LogP contribution in [0.15, 0.2) is 24.3 Å². The molecule has 1 aromatic rings. The van der Waals surface area contributed by atoms with Crippen molar-refractivity contribution in [3.8, 4) is 0 Å². The molecule has 1 aliphatic heterocycles. The molecule has 1 heterocycles. The number of benzene rings is 1. The van der Waals surface area contributed by atoms with Crippen molar-refractivity contribution in [2.45, 2.75) is 32.7 Å². The molecule has 1 fully saturated rings. The average Bonchev–Trinajstić information content (AvgIpc) is 2.48. The summed E-state index contributed by atoms with van der Waals surface area (Å²) >= 11 is 0. The molecular weight excluding hydrogens is 266 g/mol. The fraction of sp³-hybridized carbons (Fsp3) is 0.625. The molecule has 1 unspecified atom stereocenters. The van der Waals surface area contributed by atoms with Crippen molar-refractivity contribution in [3.63, 3.8) is 0 Å². The number of nitrogens with zero attached hydrogens (tertiary/aromatic N) is 2. The average molecular weight is 291 g/mol. The molecule has 0 bridgehead atoms. The Kier molecular flexibility index (Phi) is 4.96. The van der Waals surface area contributed by atoms with E-state index in [9.17, 15) is 10.1 Å². The second kappa shape index (κ2) is 6.54. The van der Waals surface area contributed by atoms with Gasteiger partial charge in [-0.3, -0.25) is 10.1 Å². The van der Waals surface area contributed by atoms with Crippen LogP contribution >= 0.6 is 0 Å². The highest BCUT2D eigenvalue weighted by Crippen LogP contribution is 2.30. The molecule has 0 aromatic heterocycles. The van der Waals surface area contributed by atoms with Crippen LogP contribution in [0.25, 0.3) is 0 Å². The van der Waals surface area contributed by atoms with Gasteiger partial charge in [0.1, 0.15) is 0 Å². The number of hydrogen-bond donors (Lipinski definition) is 1. The van der Waals surface area contributed by atoms with Gasteiger partial charge in [0.2, 0.25) is 0 Å². The lowest BCUT2D eigenvalue weighted by Crippen LogP contribution is -2.42. The Hall–Kier alpha value is -1.46. The number of nitrogens with one attached hydrogen (secondary N) is 1. The molecule has 0 saturated carbocycles. The van der Waals surface area contributed by atoms with E-state index in [-0.39, 0.29) is 16.7 Å². The van der Waals surface area contributed by atoms with Crippen molar-refractivity contribution >= 4 is 5.69 Å². The Bertz CT molecular complexity index is 479. The van der Waals surface area contributed by atoms with Crippen LogP contribution in [-0.4, -0.2) is 36.5 Å². The summed E-state index contributed by atoms with van der Waals surface area (Å²) in [5.74, 6) is 0. The quantitative estimate of drug-likeness (QED) is 0.669. The maximum Gasteiger partial charge on any atom is 0.269 e. The summed E-state index contributed by atoms with van der Waals surface area (Å²) < 4.78 is 0. The van der Waals surface area contributed by atoms with Crippen molar-refractivity contribution in [2.75, 3.05) is 26.7 Å². The lowest BCUT2D eigenvalue weighted by Gasteiger charge is -2.38. The van der Waals surface area contributed by atoms with Gasteiger partial charge in [0.05, 0.1) is 4.92 Å². The molecule has 1 aliphatic rings. The Morgan fingerprint density at radius 3 is 2.43 bits per heavy atom. The number of non-ortho nitro benzene ring substituents is 1. The molecule has 1 N–H and O–H groups in total. The van der Waals surface area contributed by atoms with Crippen LogP contribution in [0.5, 0.6) is 0 Å². The number of piperidine rings is 1.